The van der Waals surface area contributed by atoms with Crippen molar-refractivity contribution in [1.82, 2.24) is 9.97 Å². The Morgan fingerprint density at radius 2 is 1.68 bits per heavy atom. The summed E-state index contributed by atoms with van der Waals surface area (Å²) in [6.07, 6.45) is -2.97. The lowest BCUT2D eigenvalue weighted by Crippen LogP contribution is -2.04. The number of benzene rings is 2. The van der Waals surface area contributed by atoms with Gasteiger partial charge in [0.1, 0.15) is 0 Å². The average Bonchev–Trinajstić information content (AvgIpc) is 3.03. The van der Waals surface area contributed by atoms with Crippen LogP contribution in [0.3, 0.4) is 0 Å². The number of halogens is 3. The number of fused-ring (bicyclic) bond motifs is 3. The minimum atomic E-state index is -4.41. The predicted octanol–water partition coefficient (Wildman–Crippen LogP) is 5.35. The molecule has 0 unspecified atom stereocenters. The summed E-state index contributed by atoms with van der Waals surface area (Å²) in [5.74, 6) is 0. The number of nitrogens with zero attached hydrogens (tertiary/aromatic N) is 4. The maximum atomic E-state index is 12.8. The molecular formula is C21H9F3N4. The third-order valence-corrected chi connectivity index (χ3v) is 4.42. The molecule has 0 amide bonds. The molecule has 0 spiro atoms. The SMILES string of the molecule is [C-]#[N+]C(C#N)=C1c2ccccc2-c2nc(-c3ccc(C(F)(F)F)cc3)cnc21. The van der Waals surface area contributed by atoms with Crippen molar-refractivity contribution in [3.8, 4) is 28.6 Å². The van der Waals surface area contributed by atoms with Gasteiger partial charge in [-0.1, -0.05) is 36.4 Å². The number of hydrogen-bond donors (Lipinski definition) is 0. The van der Waals surface area contributed by atoms with Crippen molar-refractivity contribution in [2.75, 3.05) is 0 Å². The van der Waals surface area contributed by atoms with E-state index in [2.05, 4.69) is 14.8 Å². The number of nitriles is 1. The van der Waals surface area contributed by atoms with E-state index in [4.69, 9.17) is 6.57 Å². The topological polar surface area (TPSA) is 53.9 Å². The fraction of sp³-hybridized carbons (Fsp3) is 0.0476. The largest absolute Gasteiger partial charge is 0.416 e. The smallest absolute Gasteiger partial charge is 0.253 e. The zero-order valence-electron chi connectivity index (χ0n) is 14.1. The van der Waals surface area contributed by atoms with Crippen LogP contribution in [0.1, 0.15) is 16.8 Å². The first-order valence-corrected chi connectivity index (χ1v) is 8.10. The normalized spacial score (nSPS) is 13.9. The predicted molar refractivity (Wildman–Crippen MR) is 96.1 cm³/mol. The fourth-order valence-electron chi connectivity index (χ4n) is 3.14. The van der Waals surface area contributed by atoms with Crippen LogP contribution in [0.15, 0.2) is 60.4 Å². The first kappa shape index (κ1) is 17.4. The minimum absolute atomic E-state index is 0.0808. The Morgan fingerprint density at radius 3 is 2.29 bits per heavy atom. The van der Waals surface area contributed by atoms with Crippen molar-refractivity contribution >= 4 is 5.57 Å². The summed E-state index contributed by atoms with van der Waals surface area (Å²) in [7, 11) is 0. The quantitative estimate of drug-likeness (QED) is 0.334. The molecule has 0 saturated heterocycles. The van der Waals surface area contributed by atoms with Gasteiger partial charge in [-0.2, -0.15) is 13.2 Å². The Bertz CT molecular complexity index is 1190. The van der Waals surface area contributed by atoms with Crippen molar-refractivity contribution in [2.24, 2.45) is 0 Å². The maximum absolute atomic E-state index is 12.8. The average molecular weight is 374 g/mol. The van der Waals surface area contributed by atoms with Gasteiger partial charge in [-0.15, -0.1) is 0 Å². The molecule has 4 rings (SSSR count). The molecule has 7 heteroatoms. The van der Waals surface area contributed by atoms with Gasteiger partial charge >= 0.3 is 6.18 Å². The molecule has 0 N–H and O–H groups in total. The van der Waals surface area contributed by atoms with E-state index in [1.165, 1.54) is 18.3 Å². The molecule has 0 fully saturated rings. The molecule has 134 valence electrons. The Hall–Kier alpha value is -3.97. The maximum Gasteiger partial charge on any atom is 0.416 e. The van der Waals surface area contributed by atoms with Gasteiger partial charge in [0.25, 0.3) is 5.70 Å². The zero-order chi connectivity index (χ0) is 19.9. The van der Waals surface area contributed by atoms with Gasteiger partial charge in [0.2, 0.25) is 0 Å². The van der Waals surface area contributed by atoms with E-state index in [1.54, 1.807) is 12.1 Å². The highest BCUT2D eigenvalue weighted by molar-refractivity contribution is 6.01. The van der Waals surface area contributed by atoms with Crippen molar-refractivity contribution in [3.05, 3.63) is 88.7 Å². The standard InChI is InChI=1S/C21H9F3N4/c1-26-16(10-25)18-14-4-2-3-5-15(14)19-20(18)27-11-17(28-19)12-6-8-13(9-7-12)21(22,23)24/h2-9,11H. The van der Waals surface area contributed by atoms with Gasteiger partial charge in [0.05, 0.1) is 41.5 Å². The van der Waals surface area contributed by atoms with Crippen LogP contribution in [0.25, 0.3) is 32.9 Å². The zero-order valence-corrected chi connectivity index (χ0v) is 14.1. The van der Waals surface area contributed by atoms with Gasteiger partial charge in [-0.25, -0.2) is 15.1 Å². The molecule has 2 aromatic carbocycles. The van der Waals surface area contributed by atoms with Gasteiger partial charge in [-0.05, 0) is 17.7 Å². The monoisotopic (exact) mass is 374 g/mol. The summed E-state index contributed by atoms with van der Waals surface area (Å²) in [5.41, 5.74) is 2.84. The lowest BCUT2D eigenvalue weighted by atomic mass is 10.0. The van der Waals surface area contributed by atoms with E-state index in [-0.39, 0.29) is 5.70 Å². The first-order valence-electron chi connectivity index (χ1n) is 8.10. The molecule has 1 aromatic heterocycles. The molecule has 3 aromatic rings. The molecule has 0 saturated carbocycles. The Kier molecular flexibility index (Phi) is 3.94. The summed E-state index contributed by atoms with van der Waals surface area (Å²) in [6.45, 7) is 7.26. The van der Waals surface area contributed by atoms with Gasteiger partial charge in [-0.3, -0.25) is 4.98 Å². The highest BCUT2D eigenvalue weighted by Crippen LogP contribution is 2.44. The van der Waals surface area contributed by atoms with Crippen LogP contribution in [0.2, 0.25) is 0 Å². The fourth-order valence-corrected chi connectivity index (χ4v) is 3.14. The van der Waals surface area contributed by atoms with E-state index < -0.39 is 11.7 Å². The van der Waals surface area contributed by atoms with Gasteiger partial charge in [0, 0.05) is 16.7 Å². The summed E-state index contributed by atoms with van der Waals surface area (Å²) in [5, 5.41) is 9.30. The number of aromatic nitrogens is 2. The van der Waals surface area contributed by atoms with Crippen LogP contribution in [-0.4, -0.2) is 9.97 Å². The summed E-state index contributed by atoms with van der Waals surface area (Å²) in [4.78, 5) is 12.2. The van der Waals surface area contributed by atoms with Crippen LogP contribution >= 0.6 is 0 Å². The van der Waals surface area contributed by atoms with Crippen LogP contribution in [0, 0.1) is 17.9 Å². The van der Waals surface area contributed by atoms with Crippen LogP contribution in [0.4, 0.5) is 13.2 Å². The second-order valence-electron chi connectivity index (χ2n) is 6.02. The summed E-state index contributed by atoms with van der Waals surface area (Å²) < 4.78 is 38.3. The molecule has 28 heavy (non-hydrogen) atoms. The first-order chi connectivity index (χ1) is 13.4. The molecular weight excluding hydrogens is 365 g/mol. The number of allylic oxidation sites excluding steroid dienone is 1. The lowest BCUT2D eigenvalue weighted by molar-refractivity contribution is -0.137. The molecule has 0 bridgehead atoms. The summed E-state index contributed by atoms with van der Waals surface area (Å²) >= 11 is 0. The van der Waals surface area contributed by atoms with Crippen molar-refractivity contribution in [2.45, 2.75) is 6.18 Å². The molecule has 0 radical (unpaired) electrons. The third kappa shape index (κ3) is 2.70. The number of alkyl halides is 3. The molecule has 4 nitrogen and oxygen atoms in total. The molecule has 1 heterocycles. The Balaban J connectivity index is 1.88. The second kappa shape index (κ2) is 6.33. The van der Waals surface area contributed by atoms with Crippen LogP contribution in [0.5, 0.6) is 0 Å². The van der Waals surface area contributed by atoms with E-state index in [1.807, 2.05) is 18.2 Å². The van der Waals surface area contributed by atoms with Crippen molar-refractivity contribution in [3.63, 3.8) is 0 Å². The van der Waals surface area contributed by atoms with E-state index >= 15 is 0 Å². The molecule has 0 atom stereocenters. The lowest BCUT2D eigenvalue weighted by Gasteiger charge is -2.08. The van der Waals surface area contributed by atoms with Crippen LogP contribution in [-0.2, 0) is 6.18 Å². The van der Waals surface area contributed by atoms with Gasteiger partial charge < -0.3 is 0 Å². The third-order valence-electron chi connectivity index (χ3n) is 4.42. The van der Waals surface area contributed by atoms with E-state index in [0.29, 0.717) is 33.8 Å². The van der Waals surface area contributed by atoms with Crippen molar-refractivity contribution in [1.29, 1.82) is 5.26 Å². The van der Waals surface area contributed by atoms with E-state index in [9.17, 15) is 18.4 Å². The number of rotatable bonds is 1. The van der Waals surface area contributed by atoms with E-state index in [0.717, 1.165) is 17.7 Å². The summed E-state index contributed by atoms with van der Waals surface area (Å²) in [6, 6.07) is 13.8. The highest BCUT2D eigenvalue weighted by atomic mass is 19.4. The van der Waals surface area contributed by atoms with Gasteiger partial charge in [0.15, 0.2) is 0 Å². The van der Waals surface area contributed by atoms with Crippen molar-refractivity contribution < 1.29 is 13.2 Å². The second-order valence-corrected chi connectivity index (χ2v) is 6.02. The van der Waals surface area contributed by atoms with Crippen LogP contribution < -0.4 is 0 Å². The molecule has 0 aliphatic heterocycles. The highest BCUT2D eigenvalue weighted by Gasteiger charge is 2.31. The Labute approximate surface area is 158 Å². The Morgan fingerprint density at radius 1 is 1.00 bits per heavy atom. The molecule has 1 aliphatic rings. The molecule has 1 aliphatic carbocycles. The minimum Gasteiger partial charge on any atom is -0.253 e. The number of hydrogen-bond acceptors (Lipinski definition) is 3.